The molecule has 1 aliphatic heterocycles. The van der Waals surface area contributed by atoms with Crippen LogP contribution in [0.2, 0.25) is 0 Å². The van der Waals surface area contributed by atoms with E-state index in [1.165, 1.54) is 17.3 Å². The molecule has 3 aromatic rings. The first-order valence-corrected chi connectivity index (χ1v) is 10.7. The average molecular weight is 426 g/mol. The fourth-order valence-electron chi connectivity index (χ4n) is 3.45. The lowest BCUT2D eigenvalue weighted by Gasteiger charge is -2.29. The van der Waals surface area contributed by atoms with Crippen molar-refractivity contribution in [3.05, 3.63) is 65.0 Å². The third-order valence-electron chi connectivity index (χ3n) is 5.04. The lowest BCUT2D eigenvalue weighted by atomic mass is 9.99. The summed E-state index contributed by atoms with van der Waals surface area (Å²) < 4.78 is 16.4. The molecule has 1 aliphatic rings. The predicted octanol–water partition coefficient (Wildman–Crippen LogP) is 3.35. The average Bonchev–Trinajstić information content (AvgIpc) is 3.23. The predicted molar refractivity (Wildman–Crippen MR) is 113 cm³/mol. The third-order valence-corrected chi connectivity index (χ3v) is 5.84. The molecule has 2 heterocycles. The summed E-state index contributed by atoms with van der Waals surface area (Å²) in [5.74, 6) is 2.24. The van der Waals surface area contributed by atoms with Crippen LogP contribution in [0.3, 0.4) is 0 Å². The van der Waals surface area contributed by atoms with Crippen molar-refractivity contribution < 1.29 is 18.7 Å². The van der Waals surface area contributed by atoms with Gasteiger partial charge in [-0.05, 0) is 35.2 Å². The number of thioether (sulfide) groups is 1. The maximum atomic E-state index is 12.7. The van der Waals surface area contributed by atoms with Crippen molar-refractivity contribution in [3.63, 3.8) is 0 Å². The van der Waals surface area contributed by atoms with Gasteiger partial charge in [0.15, 0.2) is 11.5 Å². The lowest BCUT2D eigenvalue weighted by Crippen LogP contribution is -2.37. The van der Waals surface area contributed by atoms with Crippen LogP contribution in [-0.2, 0) is 24.2 Å². The molecule has 0 unspecified atom stereocenters. The van der Waals surface area contributed by atoms with Gasteiger partial charge in [0, 0.05) is 13.1 Å². The molecule has 30 heavy (non-hydrogen) atoms. The normalized spacial score (nSPS) is 13.1. The monoisotopic (exact) mass is 425 g/mol. The van der Waals surface area contributed by atoms with E-state index < -0.39 is 0 Å². The first-order valence-electron chi connectivity index (χ1n) is 9.67. The van der Waals surface area contributed by atoms with Crippen molar-refractivity contribution in [1.29, 1.82) is 0 Å². The minimum Gasteiger partial charge on any atom is -0.493 e. The Morgan fingerprint density at radius 3 is 2.57 bits per heavy atom. The fraction of sp³-hybridized carbons (Fsp3) is 0.318. The van der Waals surface area contributed by atoms with Crippen LogP contribution in [0.5, 0.6) is 11.5 Å². The lowest BCUT2D eigenvalue weighted by molar-refractivity contribution is -0.129. The number of rotatable bonds is 7. The summed E-state index contributed by atoms with van der Waals surface area (Å²) in [4.78, 5) is 14.6. The summed E-state index contributed by atoms with van der Waals surface area (Å²) in [5.41, 5.74) is 3.37. The van der Waals surface area contributed by atoms with Crippen LogP contribution in [0.15, 0.2) is 52.1 Å². The molecule has 0 bridgehead atoms. The zero-order valence-electron chi connectivity index (χ0n) is 17.0. The van der Waals surface area contributed by atoms with Gasteiger partial charge in [-0.3, -0.25) is 4.79 Å². The van der Waals surface area contributed by atoms with Gasteiger partial charge in [0.25, 0.3) is 5.22 Å². The van der Waals surface area contributed by atoms with E-state index in [0.29, 0.717) is 42.1 Å². The number of hydrogen-bond acceptors (Lipinski definition) is 7. The second kappa shape index (κ2) is 9.21. The first-order chi connectivity index (χ1) is 14.7. The number of carbonyl (C=O) groups is 1. The second-order valence-electron chi connectivity index (χ2n) is 6.95. The van der Waals surface area contributed by atoms with Gasteiger partial charge >= 0.3 is 0 Å². The Hall–Kier alpha value is -3.00. The summed E-state index contributed by atoms with van der Waals surface area (Å²) in [6, 6.07) is 13.9. The standard InChI is InChI=1S/C22H23N3O4S/c1-27-18-11-16-8-9-25(13-17(16)12-19(18)28-2)21(26)14-30-22-24-23-20(29-22)10-15-6-4-3-5-7-15/h3-7,11-12H,8-10,13-14H2,1-2H3. The van der Waals surface area contributed by atoms with Crippen molar-refractivity contribution >= 4 is 17.7 Å². The van der Waals surface area contributed by atoms with Gasteiger partial charge in [0.2, 0.25) is 11.8 Å². The SMILES string of the molecule is COc1cc2c(cc1OC)CN(C(=O)CSc1nnc(Cc3ccccc3)o1)CC2. The molecule has 0 spiro atoms. The van der Waals surface area contributed by atoms with Gasteiger partial charge in [-0.2, -0.15) is 0 Å². The van der Waals surface area contributed by atoms with Crippen LogP contribution in [0, 0.1) is 0 Å². The quantitative estimate of drug-likeness (QED) is 0.537. The van der Waals surface area contributed by atoms with E-state index >= 15 is 0 Å². The van der Waals surface area contributed by atoms with Crippen LogP contribution in [-0.4, -0.2) is 47.5 Å². The third kappa shape index (κ3) is 4.59. The summed E-state index contributed by atoms with van der Waals surface area (Å²) in [5, 5.41) is 8.55. The number of fused-ring (bicyclic) bond motifs is 1. The molecule has 2 aromatic carbocycles. The number of aromatic nitrogens is 2. The zero-order chi connectivity index (χ0) is 20.9. The molecule has 8 heteroatoms. The van der Waals surface area contributed by atoms with Gasteiger partial charge in [-0.15, -0.1) is 10.2 Å². The van der Waals surface area contributed by atoms with E-state index in [1.807, 2.05) is 47.4 Å². The molecule has 1 amide bonds. The van der Waals surface area contributed by atoms with E-state index in [0.717, 1.165) is 17.5 Å². The molecule has 0 fully saturated rings. The molecule has 0 radical (unpaired) electrons. The minimum atomic E-state index is 0.0447. The smallest absolute Gasteiger partial charge is 0.277 e. The molecule has 0 saturated carbocycles. The number of hydrogen-bond donors (Lipinski definition) is 0. The van der Waals surface area contributed by atoms with Gasteiger partial charge in [-0.25, -0.2) is 0 Å². The zero-order valence-corrected chi connectivity index (χ0v) is 17.8. The Labute approximate surface area is 179 Å². The molecule has 156 valence electrons. The van der Waals surface area contributed by atoms with Crippen molar-refractivity contribution in [3.8, 4) is 11.5 Å². The molecule has 0 saturated heterocycles. The van der Waals surface area contributed by atoms with Gasteiger partial charge < -0.3 is 18.8 Å². The summed E-state index contributed by atoms with van der Waals surface area (Å²) in [6.45, 7) is 1.23. The van der Waals surface area contributed by atoms with E-state index in [1.54, 1.807) is 14.2 Å². The van der Waals surface area contributed by atoms with Crippen LogP contribution < -0.4 is 9.47 Å². The van der Waals surface area contributed by atoms with Gasteiger partial charge in [0.1, 0.15) is 0 Å². The molecule has 7 nitrogen and oxygen atoms in total. The Morgan fingerprint density at radius 1 is 1.10 bits per heavy atom. The number of carbonyl (C=O) groups excluding carboxylic acids is 1. The van der Waals surface area contributed by atoms with Gasteiger partial charge in [0.05, 0.1) is 26.4 Å². The van der Waals surface area contributed by atoms with Crippen molar-refractivity contribution in [2.24, 2.45) is 0 Å². The molecular formula is C22H23N3O4S. The summed E-state index contributed by atoms with van der Waals surface area (Å²) in [6.07, 6.45) is 1.37. The Kier molecular flexibility index (Phi) is 6.23. The maximum absolute atomic E-state index is 12.7. The molecule has 0 aliphatic carbocycles. The summed E-state index contributed by atoms with van der Waals surface area (Å²) >= 11 is 1.27. The molecule has 1 aromatic heterocycles. The highest BCUT2D eigenvalue weighted by atomic mass is 32.2. The molecular weight excluding hydrogens is 402 g/mol. The van der Waals surface area contributed by atoms with E-state index in [4.69, 9.17) is 13.9 Å². The Balaban J connectivity index is 1.34. The largest absolute Gasteiger partial charge is 0.493 e. The van der Waals surface area contributed by atoms with E-state index in [2.05, 4.69) is 10.2 Å². The highest BCUT2D eigenvalue weighted by Crippen LogP contribution is 2.33. The van der Waals surface area contributed by atoms with Crippen LogP contribution in [0.1, 0.15) is 22.6 Å². The Bertz CT molecular complexity index is 1020. The van der Waals surface area contributed by atoms with Crippen LogP contribution >= 0.6 is 11.8 Å². The maximum Gasteiger partial charge on any atom is 0.277 e. The van der Waals surface area contributed by atoms with Crippen LogP contribution in [0.4, 0.5) is 0 Å². The number of nitrogens with zero attached hydrogens (tertiary/aromatic N) is 3. The molecule has 4 rings (SSSR count). The number of ether oxygens (including phenoxy) is 2. The number of methoxy groups -OCH3 is 2. The van der Waals surface area contributed by atoms with Crippen molar-refractivity contribution in [1.82, 2.24) is 15.1 Å². The second-order valence-corrected chi connectivity index (χ2v) is 7.88. The first kappa shape index (κ1) is 20.3. The van der Waals surface area contributed by atoms with Crippen molar-refractivity contribution in [2.75, 3.05) is 26.5 Å². The topological polar surface area (TPSA) is 77.7 Å². The number of benzene rings is 2. The van der Waals surface area contributed by atoms with Crippen LogP contribution in [0.25, 0.3) is 0 Å². The van der Waals surface area contributed by atoms with E-state index in [-0.39, 0.29) is 11.7 Å². The number of amides is 1. The highest BCUT2D eigenvalue weighted by molar-refractivity contribution is 7.99. The van der Waals surface area contributed by atoms with Gasteiger partial charge in [-0.1, -0.05) is 42.1 Å². The minimum absolute atomic E-state index is 0.0447. The summed E-state index contributed by atoms with van der Waals surface area (Å²) in [7, 11) is 3.24. The molecule has 0 N–H and O–H groups in total. The van der Waals surface area contributed by atoms with E-state index in [9.17, 15) is 4.79 Å². The Morgan fingerprint density at radius 2 is 1.83 bits per heavy atom. The fourth-order valence-corrected chi connectivity index (χ4v) is 4.13. The van der Waals surface area contributed by atoms with Crippen molar-refractivity contribution in [2.45, 2.75) is 24.6 Å². The highest BCUT2D eigenvalue weighted by Gasteiger charge is 2.23. The molecule has 0 atom stereocenters.